The van der Waals surface area contributed by atoms with Gasteiger partial charge in [-0.05, 0) is 86.1 Å². The van der Waals surface area contributed by atoms with Crippen LogP contribution in [0.2, 0.25) is 0 Å². The predicted octanol–water partition coefficient (Wildman–Crippen LogP) is 5.37. The second-order valence-corrected chi connectivity index (χ2v) is 10.6. The first-order chi connectivity index (χ1) is 13.7. The Bertz CT molecular complexity index is 797. The monoisotopic (exact) mass is 416 g/mol. The van der Waals surface area contributed by atoms with Gasteiger partial charge >= 0.3 is 5.97 Å². The van der Waals surface area contributed by atoms with Gasteiger partial charge in [0.2, 0.25) is 5.05 Å². The minimum absolute atomic E-state index is 0.0139. The highest BCUT2D eigenvalue weighted by Gasteiger charge is 2.59. The third-order valence-electron chi connectivity index (χ3n) is 8.52. The molecule has 0 unspecified atom stereocenters. The van der Waals surface area contributed by atoms with E-state index in [0.717, 1.165) is 38.5 Å². The highest BCUT2D eigenvalue weighted by atomic mass is 32.1. The van der Waals surface area contributed by atoms with E-state index in [4.69, 9.17) is 22.0 Å². The van der Waals surface area contributed by atoms with Crippen molar-refractivity contribution in [1.82, 2.24) is 0 Å². The maximum Gasteiger partial charge on any atom is 0.357 e. The van der Waals surface area contributed by atoms with Crippen LogP contribution >= 0.6 is 12.2 Å². The van der Waals surface area contributed by atoms with Crippen molar-refractivity contribution in [3.63, 3.8) is 0 Å². The van der Waals surface area contributed by atoms with Gasteiger partial charge in [-0.1, -0.05) is 39.3 Å². The number of fused-ring (bicyclic) bond motifs is 5. The molecule has 3 fully saturated rings. The fourth-order valence-electron chi connectivity index (χ4n) is 6.82. The molecule has 0 N–H and O–H groups in total. The van der Waals surface area contributed by atoms with Crippen molar-refractivity contribution in [3.05, 3.63) is 23.8 Å². The molecule has 4 nitrogen and oxygen atoms in total. The highest BCUT2D eigenvalue weighted by Crippen LogP contribution is 2.66. The number of thiocarbonyl (C=S) groups is 1. The minimum Gasteiger partial charge on any atom is -0.290 e. The number of hydrogen-bond acceptors (Lipinski definition) is 5. The molecule has 3 saturated carbocycles. The van der Waals surface area contributed by atoms with Crippen molar-refractivity contribution in [2.24, 2.45) is 40.4 Å². The van der Waals surface area contributed by atoms with E-state index in [2.05, 4.69) is 19.9 Å². The Morgan fingerprint density at radius 1 is 1.14 bits per heavy atom. The average molecular weight is 417 g/mol. The van der Waals surface area contributed by atoms with E-state index < -0.39 is 0 Å². The van der Waals surface area contributed by atoms with Crippen molar-refractivity contribution in [2.45, 2.75) is 66.2 Å². The van der Waals surface area contributed by atoms with Crippen LogP contribution in [0.1, 0.15) is 66.2 Å². The van der Waals surface area contributed by atoms with Crippen molar-refractivity contribution < 1.29 is 19.4 Å². The quantitative estimate of drug-likeness (QED) is 0.344. The summed E-state index contributed by atoms with van der Waals surface area (Å²) < 4.78 is 0. The second-order valence-electron chi connectivity index (χ2n) is 10.2. The number of carbonyl (C=O) groups excluding carboxylic acids is 2. The van der Waals surface area contributed by atoms with Gasteiger partial charge in [-0.15, -0.1) is 0 Å². The maximum atomic E-state index is 11.9. The van der Waals surface area contributed by atoms with Crippen LogP contribution in [-0.2, 0) is 19.4 Å². The van der Waals surface area contributed by atoms with E-state index in [1.807, 2.05) is 6.08 Å². The van der Waals surface area contributed by atoms with Gasteiger partial charge in [0.25, 0.3) is 0 Å². The van der Waals surface area contributed by atoms with Crippen LogP contribution in [0.25, 0.3) is 0 Å². The second kappa shape index (κ2) is 7.33. The lowest BCUT2D eigenvalue weighted by atomic mass is 9.48. The summed E-state index contributed by atoms with van der Waals surface area (Å²) in [4.78, 5) is 34.0. The van der Waals surface area contributed by atoms with Gasteiger partial charge in [0.1, 0.15) is 0 Å². The van der Waals surface area contributed by atoms with Crippen LogP contribution in [0.5, 0.6) is 0 Å². The molecule has 6 atom stereocenters. The minimum atomic E-state index is -0.381. The lowest BCUT2D eigenvalue weighted by molar-refractivity contribution is -0.227. The average Bonchev–Trinajstić information content (AvgIpc) is 3.03. The van der Waals surface area contributed by atoms with Crippen molar-refractivity contribution in [2.75, 3.05) is 0 Å². The topological polar surface area (TPSA) is 52.6 Å². The first-order valence-electron chi connectivity index (χ1n) is 11.0. The highest BCUT2D eigenvalue weighted by molar-refractivity contribution is 7.80. The molecule has 0 spiro atoms. The zero-order chi connectivity index (χ0) is 21.0. The van der Waals surface area contributed by atoms with Crippen LogP contribution in [0.15, 0.2) is 23.8 Å². The molecule has 0 aliphatic heterocycles. The van der Waals surface area contributed by atoms with Crippen LogP contribution < -0.4 is 0 Å². The summed E-state index contributed by atoms with van der Waals surface area (Å²) in [5, 5.41) is 0.438. The van der Waals surface area contributed by atoms with Gasteiger partial charge < -0.3 is 0 Å². The Balaban J connectivity index is 1.51. The molecule has 158 valence electrons. The van der Waals surface area contributed by atoms with Gasteiger partial charge in [0.05, 0.1) is 5.92 Å². The largest absolute Gasteiger partial charge is 0.357 e. The molecule has 0 aromatic rings. The van der Waals surface area contributed by atoms with Gasteiger partial charge in [0.15, 0.2) is 5.78 Å². The van der Waals surface area contributed by atoms with Gasteiger partial charge in [-0.3, -0.25) is 9.68 Å². The van der Waals surface area contributed by atoms with Crippen LogP contribution in [0, 0.1) is 40.4 Å². The summed E-state index contributed by atoms with van der Waals surface area (Å²) in [5.41, 5.74) is 1.43. The standard InChI is InChI=1S/C24H32O4S/c1-14(2)21(26)27-28-22(29)20-8-7-18-17-6-5-15-13-16(25)9-11-23(15,3)19(17)10-12-24(18,20)4/h9,11,13-14,17-20H,5-8,10,12H2,1-4H3/t17-,18-,19-,20+,23-,24-/m0/s1. The van der Waals surface area contributed by atoms with Crippen LogP contribution in [0.3, 0.4) is 0 Å². The van der Waals surface area contributed by atoms with E-state index in [9.17, 15) is 9.59 Å². The van der Waals surface area contributed by atoms with E-state index in [-0.39, 0.29) is 34.4 Å². The first-order valence-corrected chi connectivity index (χ1v) is 11.4. The summed E-state index contributed by atoms with van der Waals surface area (Å²) in [6.07, 6.45) is 12.4. The van der Waals surface area contributed by atoms with Crippen LogP contribution in [0.4, 0.5) is 0 Å². The third-order valence-corrected chi connectivity index (χ3v) is 8.87. The molecule has 0 aromatic heterocycles. The lowest BCUT2D eigenvalue weighted by Gasteiger charge is -2.56. The Labute approximate surface area is 179 Å². The maximum absolute atomic E-state index is 11.9. The van der Waals surface area contributed by atoms with Gasteiger partial charge in [-0.2, -0.15) is 0 Å². The Morgan fingerprint density at radius 3 is 2.62 bits per heavy atom. The predicted molar refractivity (Wildman–Crippen MR) is 115 cm³/mol. The first kappa shape index (κ1) is 20.8. The van der Waals surface area contributed by atoms with Crippen molar-refractivity contribution in [1.29, 1.82) is 0 Å². The smallest absolute Gasteiger partial charge is 0.290 e. The molecule has 0 bridgehead atoms. The number of carbonyl (C=O) groups is 2. The SMILES string of the molecule is CC(C)C(=O)OOC(=S)[C@H]1CC[C@H]2[C@@H]3CCC4=CC(=O)C=C[C@]4(C)[C@H]3CC[C@]12C. The summed E-state index contributed by atoms with van der Waals surface area (Å²) in [7, 11) is 0. The van der Waals surface area contributed by atoms with Crippen molar-refractivity contribution >= 4 is 29.0 Å². The van der Waals surface area contributed by atoms with E-state index in [1.54, 1.807) is 19.9 Å². The molecular weight excluding hydrogens is 384 g/mol. The zero-order valence-corrected chi connectivity index (χ0v) is 18.7. The van der Waals surface area contributed by atoms with Crippen molar-refractivity contribution in [3.8, 4) is 0 Å². The van der Waals surface area contributed by atoms with E-state index in [1.165, 1.54) is 5.57 Å². The third kappa shape index (κ3) is 3.30. The molecule has 0 heterocycles. The fourth-order valence-corrected chi connectivity index (χ4v) is 7.24. The number of ketones is 1. The normalized spacial score (nSPS) is 40.6. The van der Waals surface area contributed by atoms with E-state index >= 15 is 0 Å². The molecule has 0 saturated heterocycles. The molecule has 4 aliphatic carbocycles. The van der Waals surface area contributed by atoms with Crippen LogP contribution in [-0.4, -0.2) is 16.8 Å². The lowest BCUT2D eigenvalue weighted by Crippen LogP contribution is -2.50. The molecule has 5 heteroatoms. The van der Waals surface area contributed by atoms with Gasteiger partial charge in [-0.25, -0.2) is 9.68 Å². The number of rotatable bonds is 2. The molecular formula is C24H32O4S. The Kier molecular flexibility index (Phi) is 5.25. The number of hydrogen-bond donors (Lipinski definition) is 0. The fraction of sp³-hybridized carbons (Fsp3) is 0.708. The summed E-state index contributed by atoms with van der Waals surface area (Å²) in [6.45, 7) is 8.25. The molecule has 0 amide bonds. The molecule has 0 radical (unpaired) electrons. The molecule has 0 aromatic carbocycles. The van der Waals surface area contributed by atoms with Gasteiger partial charge in [0, 0.05) is 11.3 Å². The van der Waals surface area contributed by atoms with E-state index in [0.29, 0.717) is 22.8 Å². The molecule has 29 heavy (non-hydrogen) atoms. The summed E-state index contributed by atoms with van der Waals surface area (Å²) >= 11 is 5.58. The Hall–Kier alpha value is -1.49. The zero-order valence-electron chi connectivity index (χ0n) is 17.9. The Morgan fingerprint density at radius 2 is 1.90 bits per heavy atom. The summed E-state index contributed by atoms with van der Waals surface area (Å²) in [6, 6.07) is 0. The molecule has 4 rings (SSSR count). The molecule has 4 aliphatic rings. The number of allylic oxidation sites excluding steroid dienone is 4. The summed E-state index contributed by atoms with van der Waals surface area (Å²) in [5.74, 6) is 1.48.